The van der Waals surface area contributed by atoms with Crippen molar-refractivity contribution in [2.45, 2.75) is 114 Å². The minimum atomic E-state index is -0.392. The van der Waals surface area contributed by atoms with Crippen molar-refractivity contribution < 1.29 is 9.31 Å². The first kappa shape index (κ1) is 72.0. The molecular formula is C112H94BClN2O2. The van der Waals surface area contributed by atoms with Gasteiger partial charge in [0.1, 0.15) is 0 Å². The van der Waals surface area contributed by atoms with Gasteiger partial charge in [0.2, 0.25) is 0 Å². The maximum atomic E-state index is 6.46. The fourth-order valence-corrected chi connectivity index (χ4v) is 25.6. The highest BCUT2D eigenvalue weighted by Crippen LogP contribution is 2.71. The van der Waals surface area contributed by atoms with E-state index in [1.807, 2.05) is 24.8 Å². The Balaban J connectivity index is 0.000000112. The summed E-state index contributed by atoms with van der Waals surface area (Å²) in [7, 11) is -0.392. The Bertz CT molecular complexity index is 6530. The van der Waals surface area contributed by atoms with Crippen molar-refractivity contribution in [3.63, 3.8) is 0 Å². The monoisotopic (exact) mass is 1540 g/mol. The van der Waals surface area contributed by atoms with E-state index in [9.17, 15) is 0 Å². The normalized spacial score (nSPS) is 23.8. The van der Waals surface area contributed by atoms with Crippen molar-refractivity contribution in [1.82, 2.24) is 9.97 Å². The molecule has 118 heavy (non-hydrogen) atoms. The van der Waals surface area contributed by atoms with Crippen LogP contribution >= 0.6 is 11.6 Å². The van der Waals surface area contributed by atoms with Crippen LogP contribution < -0.4 is 5.46 Å². The third-order valence-electron chi connectivity index (χ3n) is 30.4. The largest absolute Gasteiger partial charge is 0.494 e. The van der Waals surface area contributed by atoms with E-state index in [1.165, 1.54) is 196 Å². The fourth-order valence-electron chi connectivity index (χ4n) is 25.4. The van der Waals surface area contributed by atoms with E-state index in [0.717, 1.165) is 69.0 Å². The van der Waals surface area contributed by atoms with E-state index in [-0.39, 0.29) is 22.0 Å². The molecule has 8 bridgehead atoms. The van der Waals surface area contributed by atoms with Crippen LogP contribution in [-0.4, -0.2) is 28.3 Å². The Kier molecular flexibility index (Phi) is 17.0. The average molecular weight is 1550 g/mol. The highest BCUT2D eigenvalue weighted by Gasteiger charge is 2.63. The van der Waals surface area contributed by atoms with Gasteiger partial charge in [-0.2, -0.15) is 0 Å². The molecule has 14 aromatic carbocycles. The number of hydrogen-bond acceptors (Lipinski definition) is 4. The number of benzene rings is 14. The van der Waals surface area contributed by atoms with E-state index < -0.39 is 7.12 Å². The molecule has 9 fully saturated rings. The van der Waals surface area contributed by atoms with Gasteiger partial charge in [-0.1, -0.05) is 254 Å². The third kappa shape index (κ3) is 11.3. The lowest BCUT2D eigenvalue weighted by Gasteiger charge is -2.61. The summed E-state index contributed by atoms with van der Waals surface area (Å²) in [5.74, 6) is 7.09. The molecule has 3 heterocycles. The number of aromatic nitrogens is 2. The first-order valence-electron chi connectivity index (χ1n) is 43.4. The first-order chi connectivity index (χ1) is 57.8. The zero-order valence-electron chi connectivity index (χ0n) is 67.5. The predicted octanol–water partition coefficient (Wildman–Crippen LogP) is 28.5. The average Bonchev–Trinajstić information content (AvgIpc) is 1.50. The van der Waals surface area contributed by atoms with Crippen LogP contribution in [0.1, 0.15) is 114 Å². The highest BCUT2D eigenvalue weighted by atomic mass is 35.5. The lowest BCUT2D eigenvalue weighted by molar-refractivity contribution is -0.0399. The molecule has 1 saturated heterocycles. The second kappa shape index (κ2) is 27.9. The smallest absolute Gasteiger partial charge is 0.399 e. The molecule has 2 aromatic heterocycles. The SMILES string of the molecule is CC1(C)OB(c2cccc(-c3cccc(-c4c5ccccc5c(-c5ccncc5)c5ccccc45)c3)c2)OC1(C)C.Clc1ccc2c(c1)C1(c3ccccc3-2)C2CC3CC(C2)CC1C3.c1cc(-c2cccc(-c3c4ccccc4c(-c4ccncc4)c4ccccc34)c2)cc(-c2ccc3c(c2)C2(c4ccccc4-3)C3CC4CC(C3)CC2C4)c1. The Hall–Kier alpha value is -11.3. The number of pyridine rings is 2. The van der Waals surface area contributed by atoms with Crippen molar-refractivity contribution in [3.8, 4) is 100 Å². The number of fused-ring (bicyclic) bond motifs is 10. The third-order valence-corrected chi connectivity index (χ3v) is 30.7. The lowest BCUT2D eigenvalue weighted by atomic mass is 9.43. The quantitative estimate of drug-likeness (QED) is 0.112. The molecule has 10 aliphatic carbocycles. The summed E-state index contributed by atoms with van der Waals surface area (Å²) in [6, 6.07) is 112. The fraction of sp³-hybridized carbons (Fsp3) is 0.232. The van der Waals surface area contributed by atoms with Crippen LogP contribution in [0, 0.1) is 47.3 Å². The van der Waals surface area contributed by atoms with Crippen molar-refractivity contribution >= 4 is 67.3 Å². The Labute approximate surface area is 698 Å². The van der Waals surface area contributed by atoms with Crippen LogP contribution in [0.5, 0.6) is 0 Å². The minimum Gasteiger partial charge on any atom is -0.399 e. The molecule has 6 heteroatoms. The maximum absolute atomic E-state index is 6.46. The van der Waals surface area contributed by atoms with Gasteiger partial charge in [-0.3, -0.25) is 9.97 Å². The van der Waals surface area contributed by atoms with E-state index in [0.29, 0.717) is 0 Å². The minimum absolute atomic E-state index is 0.180. The summed E-state index contributed by atoms with van der Waals surface area (Å²) < 4.78 is 12.7. The second-order valence-electron chi connectivity index (χ2n) is 37.0. The van der Waals surface area contributed by atoms with Crippen LogP contribution in [-0.2, 0) is 20.1 Å². The van der Waals surface area contributed by atoms with Gasteiger partial charge in [0.05, 0.1) is 11.2 Å². The molecule has 0 N–H and O–H groups in total. The molecule has 8 saturated carbocycles. The van der Waals surface area contributed by atoms with Gasteiger partial charge < -0.3 is 9.31 Å². The molecule has 16 aromatic rings. The van der Waals surface area contributed by atoms with Crippen molar-refractivity contribution in [3.05, 3.63) is 355 Å². The molecule has 27 rings (SSSR count). The topological polar surface area (TPSA) is 44.2 Å². The van der Waals surface area contributed by atoms with Crippen LogP contribution in [0.3, 0.4) is 0 Å². The molecule has 2 spiro atoms. The molecule has 0 atom stereocenters. The van der Waals surface area contributed by atoms with Gasteiger partial charge in [-0.15, -0.1) is 0 Å². The van der Waals surface area contributed by atoms with Gasteiger partial charge in [-0.05, 0) is 371 Å². The maximum Gasteiger partial charge on any atom is 0.494 e. The summed E-state index contributed by atoms with van der Waals surface area (Å²) in [6.45, 7) is 8.37. The van der Waals surface area contributed by atoms with E-state index in [1.54, 1.807) is 22.3 Å². The molecule has 4 nitrogen and oxygen atoms in total. The zero-order valence-corrected chi connectivity index (χ0v) is 68.3. The lowest BCUT2D eigenvalue weighted by Crippen LogP contribution is -2.55. The van der Waals surface area contributed by atoms with Gasteiger partial charge in [0, 0.05) is 40.6 Å². The van der Waals surface area contributed by atoms with Gasteiger partial charge in [0.15, 0.2) is 0 Å². The zero-order chi connectivity index (χ0) is 78.8. The van der Waals surface area contributed by atoms with Crippen LogP contribution in [0.25, 0.3) is 143 Å². The first-order valence-corrected chi connectivity index (χ1v) is 43.8. The molecule has 11 aliphatic rings. The predicted molar refractivity (Wildman–Crippen MR) is 490 cm³/mol. The van der Waals surface area contributed by atoms with Gasteiger partial charge in [0.25, 0.3) is 0 Å². The molecule has 0 amide bonds. The summed E-state index contributed by atoms with van der Waals surface area (Å²) in [5, 5.41) is 10.9. The van der Waals surface area contributed by atoms with Crippen LogP contribution in [0.2, 0.25) is 5.02 Å². The Morgan fingerprint density at radius 2 is 0.559 bits per heavy atom. The van der Waals surface area contributed by atoms with Crippen LogP contribution in [0.15, 0.2) is 328 Å². The molecule has 0 unspecified atom stereocenters. The summed E-state index contributed by atoms with van der Waals surface area (Å²) >= 11 is 6.46. The highest BCUT2D eigenvalue weighted by molar-refractivity contribution is 6.62. The standard InChI is InChI=1S/C53H41N.C37H32BNO2.C22H21Cl/c1-3-16-47-45(14-1)51(35-21-23-54-24-22-35)46-15-2-4-17-48(46)52(47)40-12-8-11-38(31-40)36-9-7-10-37(30-36)39-19-20-44-43-13-5-6-18-49(43)53(50(44)32-39)41-26-33-25-34(28-41)29-42(53)27-33;1-36(2)37(3,4)41-38(40-36)29-14-10-12-27(24-29)26-11-9-13-28(23-26)35-32-17-7-5-15-30(32)34(25-19-21-39-22-20-25)31-16-6-8-18-33(31)35;23-17-5-6-19-18-3-1-2-4-20(18)22(21(19)12-17)15-8-13-7-14(10-15)11-16(22)9-13/h1-24,30-34,41-42H,25-29H2;5-24H,1-4H3;1-6,12-16H,7-11H2. The van der Waals surface area contributed by atoms with Gasteiger partial charge in [-0.25, -0.2) is 0 Å². The number of nitrogens with zero attached hydrogens (tertiary/aromatic N) is 2. The van der Waals surface area contributed by atoms with E-state index >= 15 is 0 Å². The molecule has 574 valence electrons. The summed E-state index contributed by atoms with van der Waals surface area (Å²) in [6.07, 6.45) is 21.9. The van der Waals surface area contributed by atoms with E-state index in [2.05, 4.69) is 341 Å². The number of hydrogen-bond donors (Lipinski definition) is 0. The Morgan fingerprint density at radius 1 is 0.263 bits per heavy atom. The second-order valence-corrected chi connectivity index (χ2v) is 37.4. The van der Waals surface area contributed by atoms with Crippen molar-refractivity contribution in [1.29, 1.82) is 0 Å². The van der Waals surface area contributed by atoms with Crippen molar-refractivity contribution in [2.24, 2.45) is 47.3 Å². The molecule has 0 radical (unpaired) electrons. The number of halogens is 1. The van der Waals surface area contributed by atoms with Gasteiger partial charge >= 0.3 is 7.12 Å². The Morgan fingerprint density at radius 3 is 0.949 bits per heavy atom. The van der Waals surface area contributed by atoms with Crippen molar-refractivity contribution in [2.75, 3.05) is 0 Å². The van der Waals surface area contributed by atoms with E-state index in [4.69, 9.17) is 20.9 Å². The summed E-state index contributed by atoms with van der Waals surface area (Å²) in [5.41, 5.74) is 30.3. The summed E-state index contributed by atoms with van der Waals surface area (Å²) in [4.78, 5) is 8.58. The van der Waals surface area contributed by atoms with Crippen LogP contribution in [0.4, 0.5) is 0 Å². The number of rotatable bonds is 8. The molecule has 1 aliphatic heterocycles. The molecular weight excluding hydrogens is 1450 g/mol.